The van der Waals surface area contributed by atoms with Crippen LogP contribution in [0, 0.1) is 0 Å². The lowest BCUT2D eigenvalue weighted by Crippen LogP contribution is -2.56. The van der Waals surface area contributed by atoms with Crippen molar-refractivity contribution in [3.63, 3.8) is 0 Å². The molecule has 0 unspecified atom stereocenters. The van der Waals surface area contributed by atoms with Crippen molar-refractivity contribution in [3.8, 4) is 0 Å². The van der Waals surface area contributed by atoms with Crippen molar-refractivity contribution in [2.75, 3.05) is 13.2 Å². The molecule has 0 saturated carbocycles. The van der Waals surface area contributed by atoms with E-state index in [4.69, 9.17) is 33.2 Å². The SMILES string of the molecule is CC1(C)O[C@H]2[C@@H](O1)[C@@H](CO[C@H]1O[C@H](CO)[C@H](O)[C@H]1O)O[C@@H]1OC(C)(C)O[C@@H]12. The van der Waals surface area contributed by atoms with Gasteiger partial charge < -0.3 is 48.5 Å². The van der Waals surface area contributed by atoms with Crippen LogP contribution in [0.5, 0.6) is 0 Å². The summed E-state index contributed by atoms with van der Waals surface area (Å²) in [5.74, 6) is -1.63. The smallest absolute Gasteiger partial charge is 0.190 e. The molecule has 0 aromatic rings. The topological polar surface area (TPSA) is 125 Å². The van der Waals surface area contributed by atoms with E-state index in [1.807, 2.05) is 13.8 Å². The fraction of sp³-hybridized carbons (Fsp3) is 1.00. The summed E-state index contributed by atoms with van der Waals surface area (Å²) in [5, 5.41) is 29.0. The number of rotatable bonds is 4. The monoisotopic (exact) mass is 392 g/mol. The van der Waals surface area contributed by atoms with E-state index in [2.05, 4.69) is 0 Å². The van der Waals surface area contributed by atoms with Gasteiger partial charge in [0.05, 0.1) is 13.2 Å². The normalized spacial score (nSPS) is 50.6. The van der Waals surface area contributed by atoms with E-state index in [0.29, 0.717) is 0 Å². The fourth-order valence-electron chi connectivity index (χ4n) is 4.02. The van der Waals surface area contributed by atoms with Crippen LogP contribution < -0.4 is 0 Å². The number of ether oxygens (including phenoxy) is 7. The van der Waals surface area contributed by atoms with E-state index in [1.165, 1.54) is 0 Å². The Balaban J connectivity index is 1.45. The molecule has 0 bridgehead atoms. The number of fused-ring (bicyclic) bond motifs is 3. The molecule has 10 heteroatoms. The van der Waals surface area contributed by atoms with Crippen molar-refractivity contribution >= 4 is 0 Å². The second-order valence-corrected chi connectivity index (χ2v) is 8.25. The van der Waals surface area contributed by atoms with Crippen LogP contribution in [0.25, 0.3) is 0 Å². The molecule has 156 valence electrons. The highest BCUT2D eigenvalue weighted by Gasteiger charge is 2.61. The first kappa shape index (κ1) is 19.9. The van der Waals surface area contributed by atoms with Gasteiger partial charge in [0, 0.05) is 0 Å². The van der Waals surface area contributed by atoms with Crippen LogP contribution in [0.15, 0.2) is 0 Å². The summed E-state index contributed by atoms with van der Waals surface area (Å²) in [7, 11) is 0. The molecule has 10 nitrogen and oxygen atoms in total. The molecule has 4 aliphatic heterocycles. The summed E-state index contributed by atoms with van der Waals surface area (Å²) in [6.07, 6.45) is -6.96. The highest BCUT2D eigenvalue weighted by Crippen LogP contribution is 2.44. The molecular formula is C17H28O10. The van der Waals surface area contributed by atoms with Crippen LogP contribution in [-0.4, -0.2) is 95.4 Å². The molecule has 3 N–H and O–H groups in total. The van der Waals surface area contributed by atoms with Gasteiger partial charge in [-0.05, 0) is 27.7 Å². The maximum atomic E-state index is 10.0. The molecule has 4 rings (SSSR count). The Morgan fingerprint density at radius 3 is 2.07 bits per heavy atom. The zero-order valence-electron chi connectivity index (χ0n) is 15.8. The average Bonchev–Trinajstić information content (AvgIpc) is 3.16. The van der Waals surface area contributed by atoms with Crippen molar-refractivity contribution in [1.29, 1.82) is 0 Å². The van der Waals surface area contributed by atoms with Gasteiger partial charge in [0.2, 0.25) is 0 Å². The van der Waals surface area contributed by atoms with Crippen LogP contribution in [0.3, 0.4) is 0 Å². The second-order valence-electron chi connectivity index (χ2n) is 8.25. The third kappa shape index (κ3) is 3.64. The zero-order valence-corrected chi connectivity index (χ0v) is 15.8. The molecule has 0 aliphatic carbocycles. The summed E-state index contributed by atoms with van der Waals surface area (Å²) in [5.41, 5.74) is 0. The van der Waals surface area contributed by atoms with Gasteiger partial charge in [0.25, 0.3) is 0 Å². The number of hydrogen-bond donors (Lipinski definition) is 3. The van der Waals surface area contributed by atoms with Gasteiger partial charge in [0.15, 0.2) is 24.2 Å². The lowest BCUT2D eigenvalue weighted by Gasteiger charge is -2.37. The van der Waals surface area contributed by atoms with E-state index in [0.717, 1.165) is 0 Å². The van der Waals surface area contributed by atoms with Crippen LogP contribution in [0.2, 0.25) is 0 Å². The molecule has 0 aromatic carbocycles. The van der Waals surface area contributed by atoms with Gasteiger partial charge in [-0.15, -0.1) is 0 Å². The Hall–Kier alpha value is -0.400. The number of aliphatic hydroxyl groups excluding tert-OH is 3. The van der Waals surface area contributed by atoms with Crippen LogP contribution >= 0.6 is 0 Å². The lowest BCUT2D eigenvalue weighted by molar-refractivity contribution is -0.259. The van der Waals surface area contributed by atoms with Crippen molar-refractivity contribution in [2.45, 2.75) is 94.6 Å². The van der Waals surface area contributed by atoms with Gasteiger partial charge in [-0.25, -0.2) is 0 Å². The summed E-state index contributed by atoms with van der Waals surface area (Å²) >= 11 is 0. The molecule has 0 aromatic heterocycles. The van der Waals surface area contributed by atoms with Crippen LogP contribution in [0.1, 0.15) is 27.7 Å². The molecule has 4 heterocycles. The Morgan fingerprint density at radius 1 is 0.778 bits per heavy atom. The molecule has 4 aliphatic rings. The van der Waals surface area contributed by atoms with Gasteiger partial charge in [-0.2, -0.15) is 0 Å². The fourth-order valence-corrected chi connectivity index (χ4v) is 4.02. The predicted octanol–water partition coefficient (Wildman–Crippen LogP) is -1.16. The Labute approximate surface area is 157 Å². The Morgan fingerprint density at radius 2 is 1.41 bits per heavy atom. The zero-order chi connectivity index (χ0) is 19.6. The maximum Gasteiger partial charge on any atom is 0.190 e. The Kier molecular flexibility index (Phi) is 5.04. The number of aliphatic hydroxyl groups is 3. The summed E-state index contributed by atoms with van der Waals surface area (Å²) in [6.45, 7) is 6.82. The van der Waals surface area contributed by atoms with Gasteiger partial charge in [-0.3, -0.25) is 0 Å². The van der Waals surface area contributed by atoms with Gasteiger partial charge >= 0.3 is 0 Å². The molecule has 4 saturated heterocycles. The standard InChI is InChI=1S/C17H28O10/c1-16(2)24-11-8(6-21-14-10(20)9(19)7(5-18)22-14)23-15-13(12(11)25-16)26-17(3,4)27-15/h7-15,18-20H,5-6H2,1-4H3/t7-,8-,9+,10-,11+,12+,13-,14+,15-/m1/s1. The molecular weight excluding hydrogens is 364 g/mol. The average molecular weight is 392 g/mol. The number of hydrogen-bond acceptors (Lipinski definition) is 10. The van der Waals surface area contributed by atoms with E-state index >= 15 is 0 Å². The van der Waals surface area contributed by atoms with Crippen molar-refractivity contribution in [1.82, 2.24) is 0 Å². The minimum absolute atomic E-state index is 0.0141. The highest BCUT2D eigenvalue weighted by atomic mass is 16.9. The molecule has 9 atom stereocenters. The van der Waals surface area contributed by atoms with Crippen molar-refractivity contribution in [3.05, 3.63) is 0 Å². The first-order valence-electron chi connectivity index (χ1n) is 9.21. The maximum absolute atomic E-state index is 10.0. The van der Waals surface area contributed by atoms with E-state index in [9.17, 15) is 15.3 Å². The molecule has 0 spiro atoms. The lowest BCUT2D eigenvalue weighted by atomic mass is 9.99. The third-order valence-corrected chi connectivity index (χ3v) is 5.17. The third-order valence-electron chi connectivity index (χ3n) is 5.17. The Bertz CT molecular complexity index is 554. The minimum atomic E-state index is -1.27. The molecule has 0 radical (unpaired) electrons. The van der Waals surface area contributed by atoms with E-state index < -0.39 is 73.5 Å². The van der Waals surface area contributed by atoms with E-state index in [1.54, 1.807) is 13.8 Å². The minimum Gasteiger partial charge on any atom is -0.394 e. The van der Waals surface area contributed by atoms with Crippen LogP contribution in [0.4, 0.5) is 0 Å². The van der Waals surface area contributed by atoms with Gasteiger partial charge in [0.1, 0.15) is 42.7 Å². The largest absolute Gasteiger partial charge is 0.394 e. The molecule has 27 heavy (non-hydrogen) atoms. The quantitative estimate of drug-likeness (QED) is 0.539. The van der Waals surface area contributed by atoms with Crippen molar-refractivity contribution in [2.24, 2.45) is 0 Å². The van der Waals surface area contributed by atoms with Crippen LogP contribution in [-0.2, 0) is 33.2 Å². The van der Waals surface area contributed by atoms with Crippen molar-refractivity contribution < 1.29 is 48.5 Å². The second kappa shape index (κ2) is 6.84. The summed E-state index contributed by atoms with van der Waals surface area (Å²) < 4.78 is 40.7. The van der Waals surface area contributed by atoms with E-state index in [-0.39, 0.29) is 6.61 Å². The van der Waals surface area contributed by atoms with Gasteiger partial charge in [-0.1, -0.05) is 0 Å². The first-order valence-corrected chi connectivity index (χ1v) is 9.21. The first-order chi connectivity index (χ1) is 12.6. The summed E-state index contributed by atoms with van der Waals surface area (Å²) in [4.78, 5) is 0. The predicted molar refractivity (Wildman–Crippen MR) is 86.2 cm³/mol. The highest BCUT2D eigenvalue weighted by molar-refractivity contribution is 5.00. The molecule has 0 amide bonds. The summed E-state index contributed by atoms with van der Waals surface area (Å²) in [6, 6.07) is 0. The molecule has 4 fully saturated rings.